The smallest absolute Gasteiger partial charge is 0.303 e. The van der Waals surface area contributed by atoms with Crippen molar-refractivity contribution >= 4 is 5.97 Å². The second kappa shape index (κ2) is 6.87. The van der Waals surface area contributed by atoms with Crippen LogP contribution in [0.5, 0.6) is 17.2 Å². The van der Waals surface area contributed by atoms with Crippen molar-refractivity contribution in [2.45, 2.75) is 19.8 Å². The highest BCUT2D eigenvalue weighted by molar-refractivity contribution is 5.67. The average Bonchev–Trinajstić information content (AvgIpc) is 2.36. The highest BCUT2D eigenvalue weighted by atomic mass is 16.5. The largest absolute Gasteiger partial charge is 0.493 e. The zero-order valence-corrected chi connectivity index (χ0v) is 11.7. The summed E-state index contributed by atoms with van der Waals surface area (Å²) in [4.78, 5) is 10.7. The number of aliphatic carboxylic acids is 1. The average molecular weight is 268 g/mol. The number of hydrogen-bond acceptors (Lipinski definition) is 4. The fourth-order valence-electron chi connectivity index (χ4n) is 2.03. The molecule has 106 valence electrons. The number of methoxy groups -OCH3 is 3. The quantitative estimate of drug-likeness (QED) is 0.822. The third-order valence-electron chi connectivity index (χ3n) is 2.83. The molecule has 1 rings (SSSR count). The first-order valence-corrected chi connectivity index (χ1v) is 6.02. The summed E-state index contributed by atoms with van der Waals surface area (Å²) in [5, 5.41) is 8.78. The SMILES string of the molecule is COc1cc(CC(C)CC(=O)O)cc(OC)c1OC. The predicted octanol–water partition coefficient (Wildman–Crippen LogP) is 2.37. The van der Waals surface area contributed by atoms with Crippen LogP contribution in [0.1, 0.15) is 18.9 Å². The Bertz CT molecular complexity index is 416. The monoisotopic (exact) mass is 268 g/mol. The van der Waals surface area contributed by atoms with Crippen molar-refractivity contribution in [3.05, 3.63) is 17.7 Å². The van der Waals surface area contributed by atoms with Crippen LogP contribution < -0.4 is 14.2 Å². The predicted molar refractivity (Wildman–Crippen MR) is 71.2 cm³/mol. The second-order valence-corrected chi connectivity index (χ2v) is 4.44. The lowest BCUT2D eigenvalue weighted by Crippen LogP contribution is -2.07. The molecule has 5 nitrogen and oxygen atoms in total. The zero-order valence-electron chi connectivity index (χ0n) is 11.7. The molecule has 0 spiro atoms. The highest BCUT2D eigenvalue weighted by Crippen LogP contribution is 2.38. The van der Waals surface area contributed by atoms with Gasteiger partial charge in [-0.3, -0.25) is 4.79 Å². The zero-order chi connectivity index (χ0) is 14.4. The number of carboxylic acids is 1. The highest BCUT2D eigenvalue weighted by Gasteiger charge is 2.15. The third-order valence-corrected chi connectivity index (χ3v) is 2.83. The normalized spacial score (nSPS) is 11.8. The van der Waals surface area contributed by atoms with E-state index in [0.29, 0.717) is 23.7 Å². The Balaban J connectivity index is 2.99. The fourth-order valence-corrected chi connectivity index (χ4v) is 2.03. The molecule has 1 atom stereocenters. The van der Waals surface area contributed by atoms with E-state index >= 15 is 0 Å². The van der Waals surface area contributed by atoms with Crippen LogP contribution in [0.3, 0.4) is 0 Å². The molecular formula is C14H20O5. The summed E-state index contributed by atoms with van der Waals surface area (Å²) in [6.07, 6.45) is 0.777. The first kappa shape index (κ1) is 15.1. The second-order valence-electron chi connectivity index (χ2n) is 4.44. The molecule has 0 aliphatic carbocycles. The first-order chi connectivity index (χ1) is 9.01. The number of carboxylic acid groups (broad SMARTS) is 1. The summed E-state index contributed by atoms with van der Waals surface area (Å²) in [7, 11) is 4.66. The molecule has 1 N–H and O–H groups in total. The van der Waals surface area contributed by atoms with Crippen LogP contribution in [0.25, 0.3) is 0 Å². The van der Waals surface area contributed by atoms with Crippen LogP contribution in [0.15, 0.2) is 12.1 Å². The van der Waals surface area contributed by atoms with Crippen LogP contribution in [-0.4, -0.2) is 32.4 Å². The van der Waals surface area contributed by atoms with Crippen molar-refractivity contribution in [3.63, 3.8) is 0 Å². The summed E-state index contributed by atoms with van der Waals surface area (Å²) in [5.74, 6) is 0.957. The third kappa shape index (κ3) is 4.05. The van der Waals surface area contributed by atoms with Crippen molar-refractivity contribution in [3.8, 4) is 17.2 Å². The van der Waals surface area contributed by atoms with Gasteiger partial charge < -0.3 is 19.3 Å². The molecule has 0 aliphatic heterocycles. The molecule has 0 radical (unpaired) electrons. The van der Waals surface area contributed by atoms with Crippen LogP contribution >= 0.6 is 0 Å². The summed E-state index contributed by atoms with van der Waals surface area (Å²) in [5.41, 5.74) is 0.961. The summed E-state index contributed by atoms with van der Waals surface area (Å²) in [6.45, 7) is 1.90. The van der Waals surface area contributed by atoms with Gasteiger partial charge in [0.05, 0.1) is 21.3 Å². The molecule has 5 heteroatoms. The Morgan fingerprint density at radius 1 is 1.16 bits per heavy atom. The van der Waals surface area contributed by atoms with Crippen LogP contribution in [0, 0.1) is 5.92 Å². The molecule has 0 heterocycles. The topological polar surface area (TPSA) is 65.0 Å². The van der Waals surface area contributed by atoms with Gasteiger partial charge in [0, 0.05) is 6.42 Å². The molecule has 0 saturated carbocycles. The summed E-state index contributed by atoms with van der Waals surface area (Å²) in [6, 6.07) is 3.69. The van der Waals surface area contributed by atoms with E-state index in [1.54, 1.807) is 21.3 Å². The molecule has 1 aromatic carbocycles. The molecule has 19 heavy (non-hydrogen) atoms. The Morgan fingerprint density at radius 3 is 2.05 bits per heavy atom. The molecule has 0 amide bonds. The number of hydrogen-bond donors (Lipinski definition) is 1. The number of rotatable bonds is 7. The van der Waals surface area contributed by atoms with Crippen LogP contribution in [0.2, 0.25) is 0 Å². The van der Waals surface area contributed by atoms with Gasteiger partial charge in [-0.15, -0.1) is 0 Å². The molecular weight excluding hydrogens is 248 g/mol. The summed E-state index contributed by atoms with van der Waals surface area (Å²) >= 11 is 0. The molecule has 0 aromatic heterocycles. The lowest BCUT2D eigenvalue weighted by molar-refractivity contribution is -0.137. The van der Waals surface area contributed by atoms with E-state index in [2.05, 4.69) is 0 Å². The Kier molecular flexibility index (Phi) is 5.48. The molecule has 0 fully saturated rings. The lowest BCUT2D eigenvalue weighted by Gasteiger charge is -2.15. The number of benzene rings is 1. The fraction of sp³-hybridized carbons (Fsp3) is 0.500. The molecule has 1 unspecified atom stereocenters. The molecule has 0 bridgehead atoms. The van der Waals surface area contributed by atoms with Crippen molar-refractivity contribution in [1.82, 2.24) is 0 Å². The standard InChI is InChI=1S/C14H20O5/c1-9(6-13(15)16)5-10-7-11(17-2)14(19-4)12(8-10)18-3/h7-9H,5-6H2,1-4H3,(H,15,16). The van der Waals surface area contributed by atoms with E-state index in [-0.39, 0.29) is 12.3 Å². The summed E-state index contributed by atoms with van der Waals surface area (Å²) < 4.78 is 15.8. The van der Waals surface area contributed by atoms with E-state index in [9.17, 15) is 4.79 Å². The van der Waals surface area contributed by atoms with Crippen LogP contribution in [-0.2, 0) is 11.2 Å². The maximum absolute atomic E-state index is 10.7. The van der Waals surface area contributed by atoms with Gasteiger partial charge in [0.15, 0.2) is 11.5 Å². The van der Waals surface area contributed by atoms with Gasteiger partial charge in [-0.25, -0.2) is 0 Å². The molecule has 1 aromatic rings. The van der Waals surface area contributed by atoms with Crippen molar-refractivity contribution in [2.24, 2.45) is 5.92 Å². The molecule has 0 aliphatic rings. The van der Waals surface area contributed by atoms with Crippen LogP contribution in [0.4, 0.5) is 0 Å². The Labute approximate surface area is 113 Å². The van der Waals surface area contributed by atoms with Gasteiger partial charge in [-0.1, -0.05) is 6.92 Å². The van der Waals surface area contributed by atoms with Crippen molar-refractivity contribution in [1.29, 1.82) is 0 Å². The van der Waals surface area contributed by atoms with E-state index in [4.69, 9.17) is 19.3 Å². The Hall–Kier alpha value is -1.91. The minimum absolute atomic E-state index is 0.0420. The van der Waals surface area contributed by atoms with E-state index in [1.165, 1.54) is 0 Å². The molecule has 0 saturated heterocycles. The maximum Gasteiger partial charge on any atom is 0.303 e. The Morgan fingerprint density at radius 2 is 1.68 bits per heavy atom. The van der Waals surface area contributed by atoms with Gasteiger partial charge >= 0.3 is 5.97 Å². The first-order valence-electron chi connectivity index (χ1n) is 6.02. The van der Waals surface area contributed by atoms with Crippen molar-refractivity contribution in [2.75, 3.05) is 21.3 Å². The number of ether oxygens (including phenoxy) is 3. The minimum atomic E-state index is -0.792. The van der Waals surface area contributed by atoms with Gasteiger partial charge in [-0.2, -0.15) is 0 Å². The minimum Gasteiger partial charge on any atom is -0.493 e. The van der Waals surface area contributed by atoms with E-state index < -0.39 is 5.97 Å². The van der Waals surface area contributed by atoms with Gasteiger partial charge in [0.2, 0.25) is 5.75 Å². The van der Waals surface area contributed by atoms with Gasteiger partial charge in [-0.05, 0) is 30.0 Å². The lowest BCUT2D eigenvalue weighted by atomic mass is 9.97. The maximum atomic E-state index is 10.7. The van der Waals surface area contributed by atoms with E-state index in [1.807, 2.05) is 19.1 Å². The van der Waals surface area contributed by atoms with Gasteiger partial charge in [0.1, 0.15) is 0 Å². The van der Waals surface area contributed by atoms with Gasteiger partial charge in [0.25, 0.3) is 0 Å². The number of carbonyl (C=O) groups is 1. The van der Waals surface area contributed by atoms with E-state index in [0.717, 1.165) is 5.56 Å². The van der Waals surface area contributed by atoms with Crippen molar-refractivity contribution < 1.29 is 24.1 Å².